The number of tetrazole rings is 1. The van der Waals surface area contributed by atoms with Gasteiger partial charge in [-0.05, 0) is 63.6 Å². The quantitative estimate of drug-likeness (QED) is 0.780. The molecular formula is C13H11BrFN5O. The van der Waals surface area contributed by atoms with Gasteiger partial charge in [-0.1, -0.05) is 0 Å². The third-order valence-corrected chi connectivity index (χ3v) is 3.38. The van der Waals surface area contributed by atoms with Gasteiger partial charge in [0.2, 0.25) is 0 Å². The molecule has 0 bridgehead atoms. The molecule has 2 heterocycles. The highest BCUT2D eigenvalue weighted by molar-refractivity contribution is 9.10. The first kappa shape index (κ1) is 13.7. The molecule has 1 aromatic carbocycles. The highest BCUT2D eigenvalue weighted by atomic mass is 79.9. The Morgan fingerprint density at radius 3 is 2.86 bits per heavy atom. The second kappa shape index (κ2) is 5.65. The summed E-state index contributed by atoms with van der Waals surface area (Å²) in [6, 6.07) is 8.04. The number of furan rings is 1. The second-order valence-electron chi connectivity index (χ2n) is 4.43. The van der Waals surface area contributed by atoms with Crippen LogP contribution in [0, 0.1) is 5.82 Å². The Bertz CT molecular complexity index is 743. The van der Waals surface area contributed by atoms with Gasteiger partial charge in [0.15, 0.2) is 4.67 Å². The zero-order valence-electron chi connectivity index (χ0n) is 11.0. The van der Waals surface area contributed by atoms with Crippen LogP contribution >= 0.6 is 15.9 Å². The molecule has 0 radical (unpaired) electrons. The number of nitrogens with zero attached hydrogens (tertiary/aromatic N) is 4. The second-order valence-corrected chi connectivity index (χ2v) is 5.21. The van der Waals surface area contributed by atoms with Gasteiger partial charge in [0.1, 0.15) is 17.9 Å². The van der Waals surface area contributed by atoms with Gasteiger partial charge in [-0.3, -0.25) is 0 Å². The Morgan fingerprint density at radius 1 is 1.33 bits per heavy atom. The minimum Gasteiger partial charge on any atom is -0.452 e. The topological polar surface area (TPSA) is 68.8 Å². The molecule has 0 saturated carbocycles. The molecule has 0 fully saturated rings. The lowest BCUT2D eigenvalue weighted by atomic mass is 10.2. The van der Waals surface area contributed by atoms with Crippen molar-refractivity contribution >= 4 is 21.6 Å². The summed E-state index contributed by atoms with van der Waals surface area (Å²) < 4.78 is 21.5. The Morgan fingerprint density at radius 2 is 2.19 bits per heavy atom. The van der Waals surface area contributed by atoms with E-state index < -0.39 is 0 Å². The molecule has 1 unspecified atom stereocenters. The summed E-state index contributed by atoms with van der Waals surface area (Å²) in [6.07, 6.45) is 1.45. The van der Waals surface area contributed by atoms with Gasteiger partial charge in [0.05, 0.1) is 17.4 Å². The average Bonchev–Trinajstić information content (AvgIpc) is 3.12. The van der Waals surface area contributed by atoms with Gasteiger partial charge in [0.25, 0.3) is 0 Å². The average molecular weight is 352 g/mol. The molecule has 0 aliphatic carbocycles. The predicted molar refractivity (Wildman–Crippen MR) is 77.6 cm³/mol. The molecule has 1 N–H and O–H groups in total. The standard InChI is InChI=1S/C13H11BrFN5O/c1-8(12-4-5-13(14)21-12)17-11-6-9(2-3-10(11)15)20-7-16-18-19-20/h2-8,17H,1H3. The molecule has 21 heavy (non-hydrogen) atoms. The van der Waals surface area contributed by atoms with Gasteiger partial charge in [-0.25, -0.2) is 9.07 Å². The largest absolute Gasteiger partial charge is 0.452 e. The van der Waals surface area contributed by atoms with E-state index in [9.17, 15) is 4.39 Å². The maximum atomic E-state index is 13.9. The van der Waals surface area contributed by atoms with Crippen LogP contribution in [-0.4, -0.2) is 20.2 Å². The van der Waals surface area contributed by atoms with Gasteiger partial charge in [-0.15, -0.1) is 5.10 Å². The monoisotopic (exact) mass is 351 g/mol. The molecule has 1 atom stereocenters. The van der Waals surface area contributed by atoms with E-state index in [0.717, 1.165) is 0 Å². The summed E-state index contributed by atoms with van der Waals surface area (Å²) in [5, 5.41) is 14.0. The molecule has 108 valence electrons. The summed E-state index contributed by atoms with van der Waals surface area (Å²) in [5.41, 5.74) is 1.01. The lowest BCUT2D eigenvalue weighted by molar-refractivity contribution is 0.470. The summed E-state index contributed by atoms with van der Waals surface area (Å²) >= 11 is 3.24. The highest BCUT2D eigenvalue weighted by Crippen LogP contribution is 2.26. The number of hydrogen-bond acceptors (Lipinski definition) is 5. The first-order chi connectivity index (χ1) is 10.1. The smallest absolute Gasteiger partial charge is 0.169 e. The summed E-state index contributed by atoms with van der Waals surface area (Å²) in [6.45, 7) is 1.88. The molecule has 8 heteroatoms. The minimum absolute atomic E-state index is 0.185. The normalized spacial score (nSPS) is 12.3. The van der Waals surface area contributed by atoms with Crippen molar-refractivity contribution in [2.24, 2.45) is 0 Å². The minimum atomic E-state index is -0.357. The van der Waals surface area contributed by atoms with E-state index in [-0.39, 0.29) is 11.9 Å². The van der Waals surface area contributed by atoms with Gasteiger partial charge < -0.3 is 9.73 Å². The molecule has 0 aliphatic rings. The molecule has 3 aromatic rings. The van der Waals surface area contributed by atoms with Crippen molar-refractivity contribution in [1.82, 2.24) is 20.2 Å². The fourth-order valence-electron chi connectivity index (χ4n) is 1.91. The first-order valence-electron chi connectivity index (χ1n) is 6.18. The van der Waals surface area contributed by atoms with E-state index in [4.69, 9.17) is 4.42 Å². The van der Waals surface area contributed by atoms with Crippen LogP contribution in [0.25, 0.3) is 5.69 Å². The number of hydrogen-bond donors (Lipinski definition) is 1. The van der Waals surface area contributed by atoms with Crippen molar-refractivity contribution < 1.29 is 8.81 Å². The van der Waals surface area contributed by atoms with Crippen LogP contribution in [0.4, 0.5) is 10.1 Å². The van der Waals surface area contributed by atoms with Crippen LogP contribution in [-0.2, 0) is 0 Å². The number of anilines is 1. The predicted octanol–water partition coefficient (Wildman–Crippen LogP) is 3.33. The van der Waals surface area contributed by atoms with Crippen molar-refractivity contribution in [2.75, 3.05) is 5.32 Å². The number of nitrogens with one attached hydrogen (secondary N) is 1. The van der Waals surface area contributed by atoms with Crippen molar-refractivity contribution in [2.45, 2.75) is 13.0 Å². The first-order valence-corrected chi connectivity index (χ1v) is 6.97. The van der Waals surface area contributed by atoms with Crippen LogP contribution in [0.2, 0.25) is 0 Å². The summed E-state index contributed by atoms with van der Waals surface area (Å²) in [5.74, 6) is 0.346. The zero-order valence-corrected chi connectivity index (χ0v) is 12.6. The lowest BCUT2D eigenvalue weighted by Gasteiger charge is -2.14. The van der Waals surface area contributed by atoms with Crippen LogP contribution < -0.4 is 5.32 Å². The van der Waals surface area contributed by atoms with Gasteiger partial charge >= 0.3 is 0 Å². The van der Waals surface area contributed by atoms with Crippen LogP contribution in [0.15, 0.2) is 45.7 Å². The van der Waals surface area contributed by atoms with Crippen molar-refractivity contribution in [3.63, 3.8) is 0 Å². The third kappa shape index (κ3) is 2.94. The highest BCUT2D eigenvalue weighted by Gasteiger charge is 2.13. The Labute approximate surface area is 128 Å². The molecular weight excluding hydrogens is 341 g/mol. The number of halogens is 2. The molecule has 0 spiro atoms. The van der Waals surface area contributed by atoms with Crippen LogP contribution in [0.5, 0.6) is 0 Å². The maximum absolute atomic E-state index is 13.9. The Hall–Kier alpha value is -2.22. The van der Waals surface area contributed by atoms with E-state index in [1.54, 1.807) is 18.2 Å². The molecule has 0 saturated heterocycles. The van der Waals surface area contributed by atoms with Gasteiger partial charge in [0, 0.05) is 0 Å². The summed E-state index contributed by atoms with van der Waals surface area (Å²) in [7, 11) is 0. The third-order valence-electron chi connectivity index (χ3n) is 2.96. The molecule has 2 aromatic heterocycles. The number of rotatable bonds is 4. The number of aromatic nitrogens is 4. The molecule has 3 rings (SSSR count). The summed E-state index contributed by atoms with van der Waals surface area (Å²) in [4.78, 5) is 0. The fraction of sp³-hybridized carbons (Fsp3) is 0.154. The Kier molecular flexibility index (Phi) is 3.70. The van der Waals surface area contributed by atoms with Crippen LogP contribution in [0.3, 0.4) is 0 Å². The SMILES string of the molecule is CC(Nc1cc(-n2cnnn2)ccc1F)c1ccc(Br)o1. The van der Waals surface area contributed by atoms with E-state index in [1.165, 1.54) is 17.1 Å². The molecule has 6 nitrogen and oxygen atoms in total. The fourth-order valence-corrected chi connectivity index (χ4v) is 2.23. The zero-order chi connectivity index (χ0) is 14.8. The van der Waals surface area contributed by atoms with E-state index in [0.29, 0.717) is 21.8 Å². The van der Waals surface area contributed by atoms with E-state index in [2.05, 4.69) is 36.8 Å². The molecule has 0 amide bonds. The van der Waals surface area contributed by atoms with Crippen LogP contribution in [0.1, 0.15) is 18.7 Å². The molecule has 0 aliphatic heterocycles. The van der Waals surface area contributed by atoms with Crippen molar-refractivity contribution in [3.8, 4) is 5.69 Å². The van der Waals surface area contributed by atoms with E-state index >= 15 is 0 Å². The lowest BCUT2D eigenvalue weighted by Crippen LogP contribution is -2.08. The van der Waals surface area contributed by atoms with Crippen molar-refractivity contribution in [3.05, 3.63) is 52.9 Å². The van der Waals surface area contributed by atoms with Gasteiger partial charge in [-0.2, -0.15) is 0 Å². The Balaban J connectivity index is 1.86. The maximum Gasteiger partial charge on any atom is 0.169 e. The number of benzene rings is 1. The van der Waals surface area contributed by atoms with Crippen molar-refractivity contribution in [1.29, 1.82) is 0 Å². The van der Waals surface area contributed by atoms with E-state index in [1.807, 2.05) is 13.0 Å².